The second kappa shape index (κ2) is 7.81. The molecule has 0 unspecified atom stereocenters. The molecule has 2 rings (SSSR count). The van der Waals surface area contributed by atoms with Crippen LogP contribution in [0.4, 0.5) is 0 Å². The van der Waals surface area contributed by atoms with Crippen molar-refractivity contribution < 1.29 is 23.1 Å². The van der Waals surface area contributed by atoms with E-state index in [0.717, 1.165) is 38.2 Å². The highest BCUT2D eigenvalue weighted by atomic mass is 32.2. The molecule has 1 N–H and O–H groups in total. The summed E-state index contributed by atoms with van der Waals surface area (Å²) in [5.41, 5.74) is 0.494. The first kappa shape index (κ1) is 18.5. The number of hydrogen-bond acceptors (Lipinski definition) is 4. The van der Waals surface area contributed by atoms with Gasteiger partial charge in [0.25, 0.3) is 0 Å². The molecule has 0 spiro atoms. The molecule has 0 aromatic heterocycles. The molecular weight excluding hydrogens is 330 g/mol. The molecule has 0 heterocycles. The molecule has 1 aromatic carbocycles. The van der Waals surface area contributed by atoms with Gasteiger partial charge in [-0.2, -0.15) is 4.31 Å². The van der Waals surface area contributed by atoms with E-state index in [2.05, 4.69) is 0 Å². The van der Waals surface area contributed by atoms with E-state index in [9.17, 15) is 13.2 Å². The Balaban J connectivity index is 2.39. The average Bonchev–Trinajstić information content (AvgIpc) is 2.59. The molecule has 1 aromatic rings. The summed E-state index contributed by atoms with van der Waals surface area (Å²) in [5.74, 6) is -0.834. The lowest BCUT2D eigenvalue weighted by Crippen LogP contribution is -2.38. The van der Waals surface area contributed by atoms with Crippen LogP contribution in [0.15, 0.2) is 29.2 Å². The third kappa shape index (κ3) is 4.15. The lowest BCUT2D eigenvalue weighted by molar-refractivity contribution is -0.131. The number of ether oxygens (including phenoxy) is 1. The number of rotatable bonds is 6. The molecule has 1 saturated carbocycles. The summed E-state index contributed by atoms with van der Waals surface area (Å²) in [5, 5.41) is 8.73. The molecule has 7 heteroatoms. The van der Waals surface area contributed by atoms with Crippen LogP contribution in [-0.2, 0) is 14.8 Å². The number of nitrogens with zero attached hydrogens (tertiary/aromatic N) is 1. The summed E-state index contributed by atoms with van der Waals surface area (Å²) in [4.78, 5) is 10.7. The number of benzene rings is 1. The smallest absolute Gasteiger partial charge is 0.328 e. The van der Waals surface area contributed by atoms with E-state index < -0.39 is 16.0 Å². The molecular formula is C17H23NO5S. The molecule has 6 nitrogen and oxygen atoms in total. The molecule has 0 bridgehead atoms. The SMILES string of the molecule is COc1ccc(/C=C/C(=O)O)cc1S(=O)(=O)N(C)C1CCCCC1. The van der Waals surface area contributed by atoms with Crippen molar-refractivity contribution in [2.45, 2.75) is 43.0 Å². The normalized spacial score (nSPS) is 16.6. The van der Waals surface area contributed by atoms with E-state index in [1.54, 1.807) is 19.2 Å². The maximum Gasteiger partial charge on any atom is 0.328 e. The Kier molecular flexibility index (Phi) is 6.01. The van der Waals surface area contributed by atoms with E-state index in [0.29, 0.717) is 5.56 Å². The number of carbonyl (C=O) groups is 1. The standard InChI is InChI=1S/C17H23NO5S/c1-18(14-6-4-3-5-7-14)24(21,22)16-12-13(9-11-17(19)20)8-10-15(16)23-2/h8-12,14H,3-7H2,1-2H3,(H,19,20)/b11-9+. The van der Waals surface area contributed by atoms with Crippen molar-refractivity contribution in [2.24, 2.45) is 0 Å². The van der Waals surface area contributed by atoms with Crippen LogP contribution in [0.5, 0.6) is 5.75 Å². The Labute approximate surface area is 142 Å². The van der Waals surface area contributed by atoms with Crippen LogP contribution >= 0.6 is 0 Å². The highest BCUT2D eigenvalue weighted by Crippen LogP contribution is 2.31. The van der Waals surface area contributed by atoms with Gasteiger partial charge in [0, 0.05) is 19.2 Å². The Bertz CT molecular complexity index is 720. The van der Waals surface area contributed by atoms with Gasteiger partial charge < -0.3 is 9.84 Å². The summed E-state index contributed by atoms with van der Waals surface area (Å²) >= 11 is 0. The number of carboxylic acid groups (broad SMARTS) is 1. The summed E-state index contributed by atoms with van der Waals surface area (Å²) in [6.07, 6.45) is 7.26. The molecule has 1 fully saturated rings. The van der Waals surface area contributed by atoms with Crippen LogP contribution in [0.3, 0.4) is 0 Å². The van der Waals surface area contributed by atoms with Gasteiger partial charge in [-0.3, -0.25) is 0 Å². The Hall–Kier alpha value is -1.86. The summed E-state index contributed by atoms with van der Waals surface area (Å²) in [7, 11) is -0.695. The highest BCUT2D eigenvalue weighted by Gasteiger charge is 2.31. The zero-order chi connectivity index (χ0) is 17.7. The summed E-state index contributed by atoms with van der Waals surface area (Å²) < 4.78 is 32.6. The fourth-order valence-corrected chi connectivity index (χ4v) is 4.57. The lowest BCUT2D eigenvalue weighted by Gasteiger charge is -2.30. The maximum absolute atomic E-state index is 13.0. The highest BCUT2D eigenvalue weighted by molar-refractivity contribution is 7.89. The van der Waals surface area contributed by atoms with Crippen LogP contribution < -0.4 is 4.74 Å². The average molecular weight is 353 g/mol. The molecule has 24 heavy (non-hydrogen) atoms. The molecule has 1 aliphatic rings. The third-order valence-corrected chi connectivity index (χ3v) is 6.28. The first-order chi connectivity index (χ1) is 11.4. The van der Waals surface area contributed by atoms with Gasteiger partial charge in [0.2, 0.25) is 10.0 Å². The van der Waals surface area contributed by atoms with Gasteiger partial charge in [0.15, 0.2) is 0 Å². The second-order valence-electron chi connectivity index (χ2n) is 5.89. The van der Waals surface area contributed by atoms with Crippen molar-refractivity contribution in [1.29, 1.82) is 0 Å². The van der Waals surface area contributed by atoms with Crippen LogP contribution in [0.1, 0.15) is 37.7 Å². The van der Waals surface area contributed by atoms with Gasteiger partial charge in [0.05, 0.1) is 7.11 Å². The summed E-state index contributed by atoms with van der Waals surface area (Å²) in [6.45, 7) is 0. The Morgan fingerprint density at radius 1 is 1.29 bits per heavy atom. The zero-order valence-corrected chi connectivity index (χ0v) is 14.8. The number of carboxylic acids is 1. The number of hydrogen-bond donors (Lipinski definition) is 1. The van der Waals surface area contributed by atoms with Crippen molar-refractivity contribution in [3.8, 4) is 5.75 Å². The molecule has 132 valence electrons. The summed E-state index contributed by atoms with van der Waals surface area (Å²) in [6, 6.07) is 4.61. The predicted molar refractivity (Wildman–Crippen MR) is 91.5 cm³/mol. The molecule has 0 atom stereocenters. The molecule has 0 amide bonds. The minimum absolute atomic E-state index is 0.00771. The van der Waals surface area contributed by atoms with Crippen molar-refractivity contribution in [3.63, 3.8) is 0 Å². The number of methoxy groups -OCH3 is 1. The molecule has 0 aliphatic heterocycles. The van der Waals surface area contributed by atoms with E-state index in [1.807, 2.05) is 0 Å². The van der Waals surface area contributed by atoms with E-state index in [4.69, 9.17) is 9.84 Å². The molecule has 0 radical (unpaired) electrons. The first-order valence-electron chi connectivity index (χ1n) is 7.93. The van der Waals surface area contributed by atoms with Crippen LogP contribution in [0, 0.1) is 0 Å². The molecule has 1 aliphatic carbocycles. The van der Waals surface area contributed by atoms with Crippen molar-refractivity contribution in [3.05, 3.63) is 29.8 Å². The zero-order valence-electron chi connectivity index (χ0n) is 13.9. The largest absolute Gasteiger partial charge is 0.495 e. The van der Waals surface area contributed by atoms with Gasteiger partial charge in [-0.15, -0.1) is 0 Å². The van der Waals surface area contributed by atoms with E-state index in [-0.39, 0.29) is 16.7 Å². The predicted octanol–water partition coefficient (Wildman–Crippen LogP) is 2.75. The maximum atomic E-state index is 13.0. The van der Waals surface area contributed by atoms with Crippen molar-refractivity contribution >= 4 is 22.1 Å². The van der Waals surface area contributed by atoms with E-state index in [1.165, 1.54) is 23.6 Å². The fraction of sp³-hybridized carbons (Fsp3) is 0.471. The monoisotopic (exact) mass is 353 g/mol. The number of aliphatic carboxylic acids is 1. The van der Waals surface area contributed by atoms with Crippen molar-refractivity contribution in [2.75, 3.05) is 14.2 Å². The number of sulfonamides is 1. The van der Waals surface area contributed by atoms with Gasteiger partial charge in [-0.1, -0.05) is 25.3 Å². The van der Waals surface area contributed by atoms with Crippen LogP contribution in [0.2, 0.25) is 0 Å². The minimum Gasteiger partial charge on any atom is -0.495 e. The Morgan fingerprint density at radius 2 is 1.96 bits per heavy atom. The Morgan fingerprint density at radius 3 is 2.54 bits per heavy atom. The quantitative estimate of drug-likeness (QED) is 0.795. The van der Waals surface area contributed by atoms with Gasteiger partial charge >= 0.3 is 5.97 Å². The first-order valence-corrected chi connectivity index (χ1v) is 9.37. The fourth-order valence-electron chi connectivity index (χ4n) is 2.96. The lowest BCUT2D eigenvalue weighted by atomic mass is 9.96. The van der Waals surface area contributed by atoms with Crippen molar-refractivity contribution in [1.82, 2.24) is 4.31 Å². The van der Waals surface area contributed by atoms with E-state index >= 15 is 0 Å². The van der Waals surface area contributed by atoms with Gasteiger partial charge in [-0.25, -0.2) is 13.2 Å². The molecule has 0 saturated heterocycles. The van der Waals surface area contributed by atoms with Gasteiger partial charge in [-0.05, 0) is 36.6 Å². The topological polar surface area (TPSA) is 83.9 Å². The minimum atomic E-state index is -3.72. The second-order valence-corrected chi connectivity index (χ2v) is 7.86. The van der Waals surface area contributed by atoms with Crippen LogP contribution in [0.25, 0.3) is 6.08 Å². The van der Waals surface area contributed by atoms with Crippen LogP contribution in [-0.4, -0.2) is 44.0 Å². The van der Waals surface area contributed by atoms with Gasteiger partial charge in [0.1, 0.15) is 10.6 Å². The third-order valence-electron chi connectivity index (χ3n) is 4.35.